The molecule has 2 atom stereocenters. The van der Waals surface area contributed by atoms with Crippen LogP contribution in [0.25, 0.3) is 0 Å². The van der Waals surface area contributed by atoms with Gasteiger partial charge in [0, 0.05) is 39.6 Å². The Morgan fingerprint density at radius 1 is 1.05 bits per heavy atom. The molecule has 0 amide bonds. The van der Waals surface area contributed by atoms with Crippen molar-refractivity contribution in [3.63, 3.8) is 0 Å². The molecule has 2 aromatic carbocycles. The smallest absolute Gasteiger partial charge is 0.120 e. The quantitative estimate of drug-likeness (QED) is 0.244. The van der Waals surface area contributed by atoms with Gasteiger partial charge < -0.3 is 18.9 Å². The second kappa shape index (κ2) is 14.4. The molecule has 2 unspecified atom stereocenters. The number of piperidine rings is 1. The van der Waals surface area contributed by atoms with Crippen LogP contribution in [0.5, 0.6) is 11.5 Å². The number of anilines is 1. The Kier molecular flexibility index (Phi) is 11.6. The lowest BCUT2D eigenvalue weighted by Crippen LogP contribution is -2.36. The molecule has 206 valence electrons. The predicted octanol–water partition coefficient (Wildman–Crippen LogP) is 8.53. The molecule has 0 spiro atoms. The number of methoxy groups -OCH3 is 1. The van der Waals surface area contributed by atoms with E-state index in [1.54, 1.807) is 7.11 Å². The maximum Gasteiger partial charge on any atom is 0.120 e. The van der Waals surface area contributed by atoms with E-state index in [4.69, 9.17) is 14.0 Å². The summed E-state index contributed by atoms with van der Waals surface area (Å²) in [4.78, 5) is 2.56. The van der Waals surface area contributed by atoms with Gasteiger partial charge >= 0.3 is 0 Å². The Labute approximate surface area is 227 Å². The summed E-state index contributed by atoms with van der Waals surface area (Å²) in [6.07, 6.45) is 6.99. The van der Waals surface area contributed by atoms with Crippen molar-refractivity contribution >= 4 is 13.8 Å². The Hall–Kier alpha value is -1.77. The van der Waals surface area contributed by atoms with Crippen LogP contribution < -0.4 is 14.4 Å². The minimum absolute atomic E-state index is 0.363. The molecule has 1 heterocycles. The highest BCUT2D eigenvalue weighted by Gasteiger charge is 2.23. The van der Waals surface area contributed by atoms with Gasteiger partial charge in [0.2, 0.25) is 0 Å². The Morgan fingerprint density at radius 3 is 2.49 bits per heavy atom. The van der Waals surface area contributed by atoms with Crippen LogP contribution in [0.15, 0.2) is 42.5 Å². The first-order valence-corrected chi connectivity index (χ1v) is 16.1. The van der Waals surface area contributed by atoms with Gasteiger partial charge in [-0.3, -0.25) is 0 Å². The Bertz CT molecular complexity index is 949. The molecular weight excluding hydrogens is 477 g/mol. The average Bonchev–Trinajstić information content (AvgIpc) is 2.87. The van der Waals surface area contributed by atoms with Crippen molar-refractivity contribution in [1.29, 1.82) is 0 Å². The first-order chi connectivity index (χ1) is 17.7. The number of hydrogen-bond acceptors (Lipinski definition) is 4. The zero-order valence-corrected chi connectivity index (χ0v) is 25.3. The van der Waals surface area contributed by atoms with Crippen LogP contribution in [0, 0.1) is 11.3 Å². The zero-order valence-electron chi connectivity index (χ0n) is 24.4. The van der Waals surface area contributed by atoms with Gasteiger partial charge in [0.15, 0.2) is 0 Å². The van der Waals surface area contributed by atoms with Crippen LogP contribution >= 0.6 is 8.15 Å². The van der Waals surface area contributed by atoms with E-state index < -0.39 is 0 Å². The van der Waals surface area contributed by atoms with Crippen LogP contribution in [0.2, 0.25) is 0 Å². The number of aryl methyl sites for hydroxylation is 1. The molecule has 4 nitrogen and oxygen atoms in total. The van der Waals surface area contributed by atoms with Crippen LogP contribution in [0.4, 0.5) is 5.69 Å². The normalized spacial score (nSPS) is 16.5. The van der Waals surface area contributed by atoms with Crippen molar-refractivity contribution in [2.24, 2.45) is 11.3 Å². The van der Waals surface area contributed by atoms with Crippen LogP contribution in [-0.2, 0) is 10.9 Å². The van der Waals surface area contributed by atoms with Crippen molar-refractivity contribution in [2.75, 3.05) is 51.1 Å². The van der Waals surface area contributed by atoms with E-state index in [-0.39, 0.29) is 8.15 Å². The summed E-state index contributed by atoms with van der Waals surface area (Å²) in [7, 11) is 1.40. The third-order valence-electron chi connectivity index (χ3n) is 7.41. The summed E-state index contributed by atoms with van der Waals surface area (Å²) in [5.74, 6) is 3.02. The fourth-order valence-electron chi connectivity index (χ4n) is 5.22. The van der Waals surface area contributed by atoms with Gasteiger partial charge in [-0.15, -0.1) is 0 Å². The number of rotatable bonds is 13. The molecule has 1 aliphatic rings. The van der Waals surface area contributed by atoms with Crippen molar-refractivity contribution < 1.29 is 14.0 Å². The molecule has 1 aliphatic heterocycles. The molecule has 0 radical (unpaired) electrons. The SMILES string of the molecule is CCOP(C)CC(C)c1cccc(OCC2CCN(c3cc(OC)ccc3CCCC(C)(C)C)CC2)c1. The summed E-state index contributed by atoms with van der Waals surface area (Å²) in [6.45, 7) is 17.3. The highest BCUT2D eigenvalue weighted by molar-refractivity contribution is 7.51. The summed E-state index contributed by atoms with van der Waals surface area (Å²) < 4.78 is 17.7. The molecule has 0 saturated carbocycles. The topological polar surface area (TPSA) is 30.9 Å². The second-order valence-corrected chi connectivity index (χ2v) is 13.7. The first kappa shape index (κ1) is 29.8. The summed E-state index contributed by atoms with van der Waals surface area (Å²) in [6, 6.07) is 15.3. The second-order valence-electron chi connectivity index (χ2n) is 11.9. The van der Waals surface area contributed by atoms with E-state index in [1.807, 2.05) is 0 Å². The summed E-state index contributed by atoms with van der Waals surface area (Å²) in [5.41, 5.74) is 4.53. The Morgan fingerprint density at radius 2 is 1.81 bits per heavy atom. The molecule has 1 fully saturated rings. The van der Waals surface area contributed by atoms with E-state index in [0.717, 1.165) is 63.2 Å². The van der Waals surface area contributed by atoms with E-state index in [0.29, 0.717) is 17.3 Å². The highest BCUT2D eigenvalue weighted by Crippen LogP contribution is 2.38. The lowest BCUT2D eigenvalue weighted by atomic mass is 9.88. The van der Waals surface area contributed by atoms with E-state index in [1.165, 1.54) is 29.7 Å². The third-order valence-corrected chi connectivity index (χ3v) is 9.17. The van der Waals surface area contributed by atoms with Crippen molar-refractivity contribution in [3.05, 3.63) is 53.6 Å². The fourth-order valence-corrected chi connectivity index (χ4v) is 6.74. The number of benzene rings is 2. The van der Waals surface area contributed by atoms with E-state index in [9.17, 15) is 0 Å². The monoisotopic (exact) mass is 527 g/mol. The maximum atomic E-state index is 6.31. The minimum Gasteiger partial charge on any atom is -0.497 e. The van der Waals surface area contributed by atoms with Gasteiger partial charge in [-0.2, -0.15) is 0 Å². The molecule has 2 aromatic rings. The van der Waals surface area contributed by atoms with Crippen LogP contribution in [0.1, 0.15) is 77.3 Å². The number of nitrogens with zero attached hydrogens (tertiary/aromatic N) is 1. The zero-order chi connectivity index (χ0) is 26.8. The summed E-state index contributed by atoms with van der Waals surface area (Å²) in [5, 5.41) is 0. The number of hydrogen-bond donors (Lipinski definition) is 0. The van der Waals surface area contributed by atoms with Gasteiger partial charge in [0.1, 0.15) is 11.5 Å². The largest absolute Gasteiger partial charge is 0.497 e. The lowest BCUT2D eigenvalue weighted by Gasteiger charge is -2.35. The maximum absolute atomic E-state index is 6.31. The van der Waals surface area contributed by atoms with E-state index in [2.05, 4.69) is 88.6 Å². The van der Waals surface area contributed by atoms with Gasteiger partial charge in [-0.1, -0.05) is 45.9 Å². The number of ether oxygens (including phenoxy) is 2. The van der Waals surface area contributed by atoms with E-state index >= 15 is 0 Å². The standard InChI is InChI=1S/C32H50NO3P/c1-8-36-37(7)24-25(2)28-11-9-13-30(21-28)35-23-26-16-19-33(20-17-26)31-22-29(34-6)15-14-27(31)12-10-18-32(3,4)5/h9,11,13-15,21-22,25-26H,8,10,12,16-20,23-24H2,1-7H3. The van der Waals surface area contributed by atoms with Crippen LogP contribution in [-0.4, -0.2) is 46.2 Å². The van der Waals surface area contributed by atoms with Crippen molar-refractivity contribution in [2.45, 2.75) is 72.6 Å². The van der Waals surface area contributed by atoms with Gasteiger partial charge in [-0.05, 0) is 98.4 Å². The fraction of sp³-hybridized carbons (Fsp3) is 0.625. The molecule has 37 heavy (non-hydrogen) atoms. The van der Waals surface area contributed by atoms with Crippen molar-refractivity contribution in [3.8, 4) is 11.5 Å². The highest BCUT2D eigenvalue weighted by atomic mass is 31.1. The third kappa shape index (κ3) is 9.80. The van der Waals surface area contributed by atoms with Gasteiger partial charge in [-0.25, -0.2) is 0 Å². The van der Waals surface area contributed by atoms with Crippen LogP contribution in [0.3, 0.4) is 0 Å². The van der Waals surface area contributed by atoms with Crippen molar-refractivity contribution in [1.82, 2.24) is 0 Å². The molecule has 5 heteroatoms. The van der Waals surface area contributed by atoms with Gasteiger partial charge in [0.25, 0.3) is 0 Å². The Balaban J connectivity index is 1.53. The molecule has 3 rings (SSSR count). The molecule has 0 aromatic heterocycles. The molecule has 1 saturated heterocycles. The molecule has 0 bridgehead atoms. The predicted molar refractivity (Wildman–Crippen MR) is 160 cm³/mol. The molecule has 0 N–H and O–H groups in total. The molecular formula is C32H50NO3P. The van der Waals surface area contributed by atoms with Gasteiger partial charge in [0.05, 0.1) is 13.7 Å². The average molecular weight is 528 g/mol. The minimum atomic E-state index is -0.363. The summed E-state index contributed by atoms with van der Waals surface area (Å²) >= 11 is 0. The lowest BCUT2D eigenvalue weighted by molar-refractivity contribution is 0.222. The molecule has 0 aliphatic carbocycles. The first-order valence-electron chi connectivity index (χ1n) is 14.2.